The van der Waals surface area contributed by atoms with Gasteiger partial charge in [0.1, 0.15) is 0 Å². The summed E-state index contributed by atoms with van der Waals surface area (Å²) in [7, 11) is -10.2. The SMILES string of the molecule is O=S(=O)(O)OS(=O)(=O)O.S.[NaH]. The van der Waals surface area contributed by atoms with E-state index in [-0.39, 0.29) is 43.1 Å². The van der Waals surface area contributed by atoms with Gasteiger partial charge in [0.25, 0.3) is 0 Å². The summed E-state index contributed by atoms with van der Waals surface area (Å²) in [5, 5.41) is 0. The maximum atomic E-state index is 9.44. The summed E-state index contributed by atoms with van der Waals surface area (Å²) in [6, 6.07) is 0. The van der Waals surface area contributed by atoms with Crippen molar-refractivity contribution in [2.75, 3.05) is 0 Å². The van der Waals surface area contributed by atoms with Crippen molar-refractivity contribution in [2.45, 2.75) is 0 Å². The van der Waals surface area contributed by atoms with Crippen LogP contribution in [0.3, 0.4) is 0 Å². The predicted octanol–water partition coefficient (Wildman–Crippen LogP) is -1.93. The van der Waals surface area contributed by atoms with E-state index in [1.807, 2.05) is 0 Å². The van der Waals surface area contributed by atoms with Gasteiger partial charge in [-0.25, -0.2) is 0 Å². The van der Waals surface area contributed by atoms with Crippen LogP contribution in [0.15, 0.2) is 0 Å². The standard InChI is InChI=1S/Na.H2O7S2.H2S.H/c;1-8(2,3)7-9(4,5)6;;/h;(H,1,2,3)(H,4,5,6);1H2;. The van der Waals surface area contributed by atoms with Crippen molar-refractivity contribution >= 4 is 63.9 Å². The average Bonchev–Trinajstić information content (AvgIpc) is 1.14. The molecule has 7 nitrogen and oxygen atoms in total. The number of rotatable bonds is 2. The van der Waals surface area contributed by atoms with Crippen LogP contribution in [0.1, 0.15) is 0 Å². The summed E-state index contributed by atoms with van der Waals surface area (Å²) in [5.41, 5.74) is 0. The van der Waals surface area contributed by atoms with E-state index in [2.05, 4.69) is 3.63 Å². The van der Waals surface area contributed by atoms with E-state index in [1.165, 1.54) is 0 Å². The Labute approximate surface area is 92.8 Å². The first kappa shape index (κ1) is 18.0. The molecular formula is H5NaO7S3. The Morgan fingerprint density at radius 3 is 1.09 bits per heavy atom. The molecule has 0 saturated heterocycles. The van der Waals surface area contributed by atoms with Crippen LogP contribution in [0, 0.1) is 0 Å². The molecule has 0 saturated carbocycles. The second-order valence-electron chi connectivity index (χ2n) is 0.924. The van der Waals surface area contributed by atoms with Crippen LogP contribution >= 0.6 is 13.5 Å². The quantitative estimate of drug-likeness (QED) is 0.423. The van der Waals surface area contributed by atoms with Crippen LogP contribution in [0.5, 0.6) is 0 Å². The Morgan fingerprint density at radius 1 is 0.909 bits per heavy atom. The molecule has 0 amide bonds. The Hall–Kier alpha value is 1.13. The van der Waals surface area contributed by atoms with E-state index in [4.69, 9.17) is 9.11 Å². The van der Waals surface area contributed by atoms with Gasteiger partial charge < -0.3 is 0 Å². The molecule has 0 spiro atoms. The average molecular weight is 236 g/mol. The van der Waals surface area contributed by atoms with Gasteiger partial charge in [-0.3, -0.25) is 9.11 Å². The second-order valence-corrected chi connectivity index (χ2v) is 3.18. The van der Waals surface area contributed by atoms with E-state index in [9.17, 15) is 16.8 Å². The number of hydrogen-bond acceptors (Lipinski definition) is 5. The molecular weight excluding hydrogens is 231 g/mol. The van der Waals surface area contributed by atoms with Gasteiger partial charge in [-0.15, -0.1) is 3.63 Å². The zero-order valence-corrected chi connectivity index (χ0v) is 6.89. The van der Waals surface area contributed by atoms with Gasteiger partial charge in [-0.05, 0) is 0 Å². The van der Waals surface area contributed by atoms with Crippen molar-refractivity contribution in [2.24, 2.45) is 0 Å². The Kier molecular flexibility index (Phi) is 9.37. The third-order valence-corrected chi connectivity index (χ3v) is 1.55. The molecule has 11 heavy (non-hydrogen) atoms. The molecule has 0 bridgehead atoms. The molecule has 0 radical (unpaired) electrons. The third-order valence-electron chi connectivity index (χ3n) is 0.172. The molecule has 0 aliphatic rings. The molecule has 0 aromatic heterocycles. The van der Waals surface area contributed by atoms with Crippen LogP contribution in [0.4, 0.5) is 0 Å². The van der Waals surface area contributed by atoms with Crippen molar-refractivity contribution < 1.29 is 29.6 Å². The molecule has 0 aromatic carbocycles. The van der Waals surface area contributed by atoms with Crippen LogP contribution in [-0.2, 0) is 24.4 Å². The summed E-state index contributed by atoms with van der Waals surface area (Å²) in [5.74, 6) is 0. The number of hydrogen-bond donors (Lipinski definition) is 2. The first-order valence-corrected chi connectivity index (χ1v) is 4.10. The summed E-state index contributed by atoms with van der Waals surface area (Å²) < 4.78 is 55.6. The minimum atomic E-state index is -5.12. The van der Waals surface area contributed by atoms with Gasteiger partial charge in [0.15, 0.2) is 0 Å². The summed E-state index contributed by atoms with van der Waals surface area (Å²) in [6.07, 6.45) is 0. The van der Waals surface area contributed by atoms with Crippen molar-refractivity contribution in [3.63, 3.8) is 0 Å². The van der Waals surface area contributed by atoms with Crippen molar-refractivity contribution in [3.8, 4) is 0 Å². The zero-order chi connectivity index (χ0) is 7.71. The maximum absolute atomic E-state index is 9.44. The Bertz CT molecular complexity index is 239. The molecule has 0 fully saturated rings. The monoisotopic (exact) mass is 236 g/mol. The Balaban J connectivity index is -0.000000320. The molecule has 11 heteroatoms. The molecule has 0 rings (SSSR count). The molecule has 0 aliphatic heterocycles. The van der Waals surface area contributed by atoms with E-state index >= 15 is 0 Å². The molecule has 0 atom stereocenters. The van der Waals surface area contributed by atoms with E-state index in [1.54, 1.807) is 0 Å². The molecule has 0 unspecified atom stereocenters. The molecule has 0 aliphatic carbocycles. The fourth-order valence-electron chi connectivity index (χ4n) is 0.109. The van der Waals surface area contributed by atoms with Crippen molar-refractivity contribution in [3.05, 3.63) is 0 Å². The fourth-order valence-corrected chi connectivity index (χ4v) is 0.978. The van der Waals surface area contributed by atoms with E-state index < -0.39 is 20.8 Å². The van der Waals surface area contributed by atoms with Crippen LogP contribution in [-0.4, -0.2) is 55.5 Å². The van der Waals surface area contributed by atoms with E-state index in [0.717, 1.165) is 0 Å². The topological polar surface area (TPSA) is 118 Å². The first-order chi connectivity index (χ1) is 3.71. The van der Waals surface area contributed by atoms with Gasteiger partial charge in [0.2, 0.25) is 0 Å². The van der Waals surface area contributed by atoms with Crippen molar-refractivity contribution in [1.82, 2.24) is 0 Å². The van der Waals surface area contributed by atoms with Gasteiger partial charge >= 0.3 is 50.4 Å². The van der Waals surface area contributed by atoms with Crippen LogP contribution in [0.2, 0.25) is 0 Å². The van der Waals surface area contributed by atoms with Gasteiger partial charge in [-0.1, -0.05) is 0 Å². The van der Waals surface area contributed by atoms with Gasteiger partial charge in [0.05, 0.1) is 0 Å². The summed E-state index contributed by atoms with van der Waals surface area (Å²) in [4.78, 5) is 0. The van der Waals surface area contributed by atoms with Crippen LogP contribution < -0.4 is 0 Å². The zero-order valence-electron chi connectivity index (χ0n) is 4.25. The van der Waals surface area contributed by atoms with Gasteiger partial charge in [0, 0.05) is 0 Å². The second kappa shape index (κ2) is 5.72. The fraction of sp³-hybridized carbons (Fsp3) is 0. The molecule has 66 valence electrons. The minimum absolute atomic E-state index is 0. The molecule has 0 heterocycles. The predicted molar refractivity (Wildman–Crippen MR) is 41.7 cm³/mol. The van der Waals surface area contributed by atoms with Gasteiger partial charge in [-0.2, -0.15) is 30.3 Å². The molecule has 0 aromatic rings. The first-order valence-electron chi connectivity index (χ1n) is 1.37. The summed E-state index contributed by atoms with van der Waals surface area (Å²) in [6.45, 7) is 0. The van der Waals surface area contributed by atoms with E-state index in [0.29, 0.717) is 0 Å². The van der Waals surface area contributed by atoms with Crippen molar-refractivity contribution in [1.29, 1.82) is 0 Å². The molecule has 2 N–H and O–H groups in total. The third kappa shape index (κ3) is 18.2. The summed E-state index contributed by atoms with van der Waals surface area (Å²) >= 11 is 0. The Morgan fingerprint density at radius 2 is 1.09 bits per heavy atom. The van der Waals surface area contributed by atoms with Crippen LogP contribution in [0.25, 0.3) is 0 Å². The normalized spacial score (nSPS) is 11.1.